The van der Waals surface area contributed by atoms with Gasteiger partial charge in [-0.05, 0) is 24.1 Å². The van der Waals surface area contributed by atoms with E-state index in [1.807, 2.05) is 6.07 Å². The molecule has 0 radical (unpaired) electrons. The van der Waals surface area contributed by atoms with Gasteiger partial charge in [-0.3, -0.25) is 9.59 Å². The third-order valence-corrected chi connectivity index (χ3v) is 4.10. The maximum Gasteiger partial charge on any atom is 0.313 e. The Bertz CT molecular complexity index is 483. The number of aryl methyl sites for hydroxylation is 1. The number of nitrogens with one attached hydrogen (secondary N) is 1. The van der Waals surface area contributed by atoms with Gasteiger partial charge in [0.25, 0.3) is 0 Å². The van der Waals surface area contributed by atoms with E-state index in [0.29, 0.717) is 35.2 Å². The molecule has 0 fully saturated rings. The second-order valence-corrected chi connectivity index (χ2v) is 5.96. The van der Waals surface area contributed by atoms with Crippen LogP contribution in [0.15, 0.2) is 18.2 Å². The minimum Gasteiger partial charge on any atom is -0.481 e. The highest BCUT2D eigenvalue weighted by Crippen LogP contribution is 2.23. The van der Waals surface area contributed by atoms with Crippen LogP contribution in [0.3, 0.4) is 0 Å². The first-order valence-electron chi connectivity index (χ1n) is 5.99. The average molecular weight is 336 g/mol. The summed E-state index contributed by atoms with van der Waals surface area (Å²) in [5, 5.41) is 12.2. The number of rotatable bonds is 8. The lowest BCUT2D eigenvalue weighted by Gasteiger charge is -2.05. The lowest BCUT2D eigenvalue weighted by Crippen LogP contribution is -2.26. The molecule has 110 valence electrons. The number of carbonyl (C=O) groups excluding carboxylic acids is 1. The van der Waals surface area contributed by atoms with Gasteiger partial charge in [-0.1, -0.05) is 29.3 Å². The van der Waals surface area contributed by atoms with Crippen molar-refractivity contribution in [1.82, 2.24) is 5.32 Å². The Hall–Kier alpha value is -0.910. The molecule has 0 aliphatic heterocycles. The maximum atomic E-state index is 11.6. The van der Waals surface area contributed by atoms with Crippen molar-refractivity contribution < 1.29 is 14.7 Å². The summed E-state index contributed by atoms with van der Waals surface area (Å²) in [6, 6.07) is 5.30. The van der Waals surface area contributed by atoms with E-state index < -0.39 is 5.97 Å². The van der Waals surface area contributed by atoms with E-state index in [4.69, 9.17) is 28.3 Å². The van der Waals surface area contributed by atoms with Gasteiger partial charge in [0.1, 0.15) is 0 Å². The molecule has 0 bridgehead atoms. The van der Waals surface area contributed by atoms with Crippen molar-refractivity contribution in [3.8, 4) is 0 Å². The number of halogens is 2. The molecule has 0 atom stereocenters. The summed E-state index contributed by atoms with van der Waals surface area (Å²) in [7, 11) is 0. The normalized spacial score (nSPS) is 10.3. The van der Waals surface area contributed by atoms with Crippen LogP contribution in [-0.2, 0) is 16.0 Å². The maximum absolute atomic E-state index is 11.6. The molecule has 0 spiro atoms. The monoisotopic (exact) mass is 335 g/mol. The van der Waals surface area contributed by atoms with E-state index in [1.54, 1.807) is 12.1 Å². The van der Waals surface area contributed by atoms with Crippen LogP contribution in [-0.4, -0.2) is 35.0 Å². The predicted molar refractivity (Wildman–Crippen MR) is 82.8 cm³/mol. The van der Waals surface area contributed by atoms with Crippen LogP contribution in [0, 0.1) is 0 Å². The van der Waals surface area contributed by atoms with Crippen LogP contribution < -0.4 is 5.32 Å². The SMILES string of the molecule is O=C(O)CSCCNC(=O)CCc1ccc(Cl)c(Cl)c1. The third kappa shape index (κ3) is 7.03. The van der Waals surface area contributed by atoms with Gasteiger partial charge < -0.3 is 10.4 Å². The van der Waals surface area contributed by atoms with Crippen LogP contribution in [0.25, 0.3) is 0 Å². The molecule has 0 unspecified atom stereocenters. The smallest absolute Gasteiger partial charge is 0.313 e. The molecule has 20 heavy (non-hydrogen) atoms. The van der Waals surface area contributed by atoms with Gasteiger partial charge in [0.15, 0.2) is 0 Å². The number of amides is 1. The van der Waals surface area contributed by atoms with Crippen LogP contribution in [0.5, 0.6) is 0 Å². The van der Waals surface area contributed by atoms with Gasteiger partial charge in [-0.25, -0.2) is 0 Å². The zero-order valence-electron chi connectivity index (χ0n) is 10.7. The van der Waals surface area contributed by atoms with E-state index in [-0.39, 0.29) is 11.7 Å². The first-order valence-corrected chi connectivity index (χ1v) is 7.90. The summed E-state index contributed by atoms with van der Waals surface area (Å²) in [5.41, 5.74) is 0.954. The minimum atomic E-state index is -0.846. The summed E-state index contributed by atoms with van der Waals surface area (Å²) in [6.07, 6.45) is 0.951. The summed E-state index contributed by atoms with van der Waals surface area (Å²) >= 11 is 13.0. The molecule has 0 saturated heterocycles. The molecule has 7 heteroatoms. The Kier molecular flexibility index (Phi) is 7.80. The van der Waals surface area contributed by atoms with Gasteiger partial charge in [-0.15, -0.1) is 11.8 Å². The topological polar surface area (TPSA) is 66.4 Å². The number of hydrogen-bond donors (Lipinski definition) is 2. The van der Waals surface area contributed by atoms with Crippen molar-refractivity contribution in [2.24, 2.45) is 0 Å². The fraction of sp³-hybridized carbons (Fsp3) is 0.385. The van der Waals surface area contributed by atoms with Crippen molar-refractivity contribution in [2.45, 2.75) is 12.8 Å². The molecule has 1 amide bonds. The van der Waals surface area contributed by atoms with E-state index in [0.717, 1.165) is 5.56 Å². The molecular formula is C13H15Cl2NO3S. The number of thioether (sulfide) groups is 1. The molecule has 1 aromatic carbocycles. The molecule has 0 aliphatic carbocycles. The molecule has 4 nitrogen and oxygen atoms in total. The Morgan fingerprint density at radius 1 is 1.25 bits per heavy atom. The Balaban J connectivity index is 2.19. The van der Waals surface area contributed by atoms with Crippen molar-refractivity contribution >= 4 is 46.8 Å². The van der Waals surface area contributed by atoms with E-state index in [1.165, 1.54) is 11.8 Å². The number of benzene rings is 1. The van der Waals surface area contributed by atoms with Crippen LogP contribution in [0.2, 0.25) is 10.0 Å². The molecule has 0 heterocycles. The second kappa shape index (κ2) is 9.10. The molecule has 0 aliphatic rings. The molecule has 2 N–H and O–H groups in total. The molecule has 1 aromatic rings. The predicted octanol–water partition coefficient (Wildman–Crippen LogP) is 2.86. The fourth-order valence-electron chi connectivity index (χ4n) is 1.46. The molecule has 1 rings (SSSR count). The first kappa shape index (κ1) is 17.1. The summed E-state index contributed by atoms with van der Waals surface area (Å²) < 4.78 is 0. The Labute approximate surface area is 131 Å². The number of carboxylic acids is 1. The lowest BCUT2D eigenvalue weighted by molar-refractivity contribution is -0.133. The first-order chi connectivity index (χ1) is 9.49. The van der Waals surface area contributed by atoms with Crippen molar-refractivity contribution in [2.75, 3.05) is 18.1 Å². The number of aliphatic carboxylic acids is 1. The highest BCUT2D eigenvalue weighted by Gasteiger charge is 2.04. The van der Waals surface area contributed by atoms with E-state index in [9.17, 15) is 9.59 Å². The fourth-order valence-corrected chi connectivity index (χ4v) is 2.35. The van der Waals surface area contributed by atoms with Crippen molar-refractivity contribution in [3.63, 3.8) is 0 Å². The van der Waals surface area contributed by atoms with Gasteiger partial charge in [0.05, 0.1) is 15.8 Å². The molecular weight excluding hydrogens is 321 g/mol. The quantitative estimate of drug-likeness (QED) is 0.717. The van der Waals surface area contributed by atoms with Gasteiger partial charge in [-0.2, -0.15) is 0 Å². The summed E-state index contributed by atoms with van der Waals surface area (Å²) in [5.74, 6) is -0.266. The Morgan fingerprint density at radius 2 is 2.00 bits per heavy atom. The molecule has 0 aromatic heterocycles. The molecule has 0 saturated carbocycles. The van der Waals surface area contributed by atoms with E-state index in [2.05, 4.69) is 5.32 Å². The zero-order valence-corrected chi connectivity index (χ0v) is 13.0. The van der Waals surface area contributed by atoms with Crippen molar-refractivity contribution in [1.29, 1.82) is 0 Å². The number of hydrogen-bond acceptors (Lipinski definition) is 3. The second-order valence-electron chi connectivity index (χ2n) is 4.04. The van der Waals surface area contributed by atoms with Crippen molar-refractivity contribution in [3.05, 3.63) is 33.8 Å². The largest absolute Gasteiger partial charge is 0.481 e. The number of carbonyl (C=O) groups is 2. The van der Waals surface area contributed by atoms with E-state index >= 15 is 0 Å². The lowest BCUT2D eigenvalue weighted by atomic mass is 10.1. The third-order valence-electron chi connectivity index (χ3n) is 2.42. The van der Waals surface area contributed by atoms with Crippen LogP contribution >= 0.6 is 35.0 Å². The summed E-state index contributed by atoms with van der Waals surface area (Å²) in [4.78, 5) is 21.8. The van der Waals surface area contributed by atoms with Crippen LogP contribution in [0.4, 0.5) is 0 Å². The summed E-state index contributed by atoms with van der Waals surface area (Å²) in [6.45, 7) is 0.470. The van der Waals surface area contributed by atoms with Gasteiger partial charge in [0, 0.05) is 18.7 Å². The Morgan fingerprint density at radius 3 is 2.65 bits per heavy atom. The van der Waals surface area contributed by atoms with Crippen LogP contribution in [0.1, 0.15) is 12.0 Å². The highest BCUT2D eigenvalue weighted by atomic mass is 35.5. The minimum absolute atomic E-state index is 0.0547. The highest BCUT2D eigenvalue weighted by molar-refractivity contribution is 7.99. The standard InChI is InChI=1S/C13H15Cl2NO3S/c14-10-3-1-9(7-11(10)15)2-4-12(17)16-5-6-20-8-13(18)19/h1,3,7H,2,4-6,8H2,(H,16,17)(H,18,19). The van der Waals surface area contributed by atoms with Gasteiger partial charge in [0.2, 0.25) is 5.91 Å². The van der Waals surface area contributed by atoms with Gasteiger partial charge >= 0.3 is 5.97 Å². The average Bonchev–Trinajstić information content (AvgIpc) is 2.39. The zero-order chi connectivity index (χ0) is 15.0. The number of carboxylic acid groups (broad SMARTS) is 1.